The number of hydrogen-bond donors (Lipinski definition) is 2. The molecule has 4 rings (SSSR count). The Bertz CT molecular complexity index is 878. The molecule has 1 saturated heterocycles. The number of ether oxygens (including phenoxy) is 3. The number of fused-ring (bicyclic) bond motifs is 5. The van der Waals surface area contributed by atoms with Gasteiger partial charge in [0.1, 0.15) is 11.9 Å². The number of hydrogen-bond acceptors (Lipinski definition) is 7. The molecule has 9 unspecified atom stereocenters. The monoisotopic (exact) mass is 450 g/mol. The van der Waals surface area contributed by atoms with E-state index in [1.165, 1.54) is 7.11 Å². The summed E-state index contributed by atoms with van der Waals surface area (Å²) in [6.45, 7) is 13.8. The lowest BCUT2D eigenvalue weighted by atomic mass is 9.40. The van der Waals surface area contributed by atoms with Crippen molar-refractivity contribution in [1.82, 2.24) is 0 Å². The van der Waals surface area contributed by atoms with Crippen LogP contribution in [0.1, 0.15) is 61.3 Å². The second-order valence-corrected chi connectivity index (χ2v) is 11.4. The van der Waals surface area contributed by atoms with Gasteiger partial charge in [0.15, 0.2) is 5.60 Å². The third-order valence-electron chi connectivity index (χ3n) is 10.1. The van der Waals surface area contributed by atoms with Gasteiger partial charge in [0, 0.05) is 29.1 Å². The summed E-state index contributed by atoms with van der Waals surface area (Å²) in [6.07, 6.45) is -1.26. The Balaban J connectivity index is 2.00. The standard InChI is InChI=1S/C25H38O7/c1-12-9-17-24(11-31-17,32-21(28)30-8)19-15(4)25(29)10-16(26)13(2)18(22(25,5)6)14(3)20(27)23(12,19)7/h12,14-17,19,26,29H,9-11H2,1-8H3. The van der Waals surface area contributed by atoms with E-state index in [9.17, 15) is 19.8 Å². The lowest BCUT2D eigenvalue weighted by molar-refractivity contribution is -0.329. The van der Waals surface area contributed by atoms with E-state index in [0.29, 0.717) is 6.42 Å². The van der Waals surface area contributed by atoms with E-state index in [1.807, 2.05) is 41.5 Å². The molecule has 2 bridgehead atoms. The Labute approximate surface area is 190 Å². The summed E-state index contributed by atoms with van der Waals surface area (Å²) in [5, 5.41) is 23.3. The Morgan fingerprint density at radius 3 is 2.34 bits per heavy atom. The van der Waals surface area contributed by atoms with Crippen LogP contribution in [0.4, 0.5) is 4.79 Å². The van der Waals surface area contributed by atoms with E-state index < -0.39 is 52.0 Å². The molecule has 0 aromatic carbocycles. The first-order valence-corrected chi connectivity index (χ1v) is 11.7. The van der Waals surface area contributed by atoms with Crippen molar-refractivity contribution in [1.29, 1.82) is 0 Å². The van der Waals surface area contributed by atoms with Crippen LogP contribution in [-0.4, -0.2) is 59.3 Å². The molecule has 0 radical (unpaired) electrons. The van der Waals surface area contributed by atoms with Gasteiger partial charge in [-0.05, 0) is 36.3 Å². The molecule has 3 fully saturated rings. The predicted molar refractivity (Wildman–Crippen MR) is 117 cm³/mol. The van der Waals surface area contributed by atoms with Crippen LogP contribution in [0.2, 0.25) is 0 Å². The predicted octanol–water partition coefficient (Wildman–Crippen LogP) is 3.26. The van der Waals surface area contributed by atoms with E-state index in [0.717, 1.165) is 11.1 Å². The van der Waals surface area contributed by atoms with Crippen molar-refractivity contribution in [3.63, 3.8) is 0 Å². The Morgan fingerprint density at radius 2 is 1.81 bits per heavy atom. The highest BCUT2D eigenvalue weighted by molar-refractivity contribution is 5.90. The number of carbonyl (C=O) groups is 2. The lowest BCUT2D eigenvalue weighted by Crippen LogP contribution is -2.78. The molecule has 2 saturated carbocycles. The van der Waals surface area contributed by atoms with Gasteiger partial charge in [0.25, 0.3) is 0 Å². The molecule has 2 N–H and O–H groups in total. The molecular formula is C25H38O7. The molecular weight excluding hydrogens is 412 g/mol. The molecule has 7 heteroatoms. The van der Waals surface area contributed by atoms with Crippen molar-refractivity contribution in [3.05, 3.63) is 11.1 Å². The van der Waals surface area contributed by atoms with Crippen LogP contribution in [0.5, 0.6) is 0 Å². The summed E-state index contributed by atoms with van der Waals surface area (Å²) in [5.74, 6) is -1.42. The number of ketones is 1. The molecule has 9 atom stereocenters. The average molecular weight is 451 g/mol. The SMILES string of the molecule is COC(=O)OC12COC1CC(C)C1(C)C(=O)C(C)C3=C(C)C(O)CC(O)(C(C)C21)C3(C)C. The van der Waals surface area contributed by atoms with Crippen LogP contribution >= 0.6 is 0 Å². The molecule has 0 aromatic heterocycles. The average Bonchev–Trinajstić information content (AvgIpc) is 2.71. The molecule has 0 aromatic rings. The molecule has 32 heavy (non-hydrogen) atoms. The fourth-order valence-corrected chi connectivity index (χ4v) is 8.12. The maximum absolute atomic E-state index is 14.3. The van der Waals surface area contributed by atoms with Gasteiger partial charge in [-0.25, -0.2) is 4.79 Å². The number of carbonyl (C=O) groups excluding carboxylic acids is 2. The van der Waals surface area contributed by atoms with Crippen LogP contribution in [0.3, 0.4) is 0 Å². The number of aliphatic hydroxyl groups excluding tert-OH is 1. The largest absolute Gasteiger partial charge is 0.508 e. The van der Waals surface area contributed by atoms with Crippen LogP contribution in [0, 0.1) is 34.5 Å². The van der Waals surface area contributed by atoms with Crippen molar-refractivity contribution in [2.24, 2.45) is 34.5 Å². The summed E-state index contributed by atoms with van der Waals surface area (Å²) in [4.78, 5) is 26.7. The Morgan fingerprint density at radius 1 is 1.19 bits per heavy atom. The van der Waals surface area contributed by atoms with Crippen molar-refractivity contribution in [3.8, 4) is 0 Å². The van der Waals surface area contributed by atoms with Crippen LogP contribution in [0.15, 0.2) is 11.1 Å². The van der Waals surface area contributed by atoms with Gasteiger partial charge in [-0.15, -0.1) is 0 Å². The summed E-state index contributed by atoms with van der Waals surface area (Å²) in [5.41, 5.74) is -2.37. The zero-order valence-electron chi connectivity index (χ0n) is 20.5. The van der Waals surface area contributed by atoms with Gasteiger partial charge < -0.3 is 24.4 Å². The zero-order chi connectivity index (χ0) is 24.0. The Hall–Kier alpha value is -1.44. The van der Waals surface area contributed by atoms with Crippen molar-refractivity contribution in [2.75, 3.05) is 13.7 Å². The number of aliphatic hydroxyl groups is 2. The second kappa shape index (κ2) is 7.03. The fourth-order valence-electron chi connectivity index (χ4n) is 8.12. The van der Waals surface area contributed by atoms with Gasteiger partial charge in [0.05, 0.1) is 25.4 Å². The highest BCUT2D eigenvalue weighted by Gasteiger charge is 2.74. The molecule has 0 spiro atoms. The lowest BCUT2D eigenvalue weighted by Gasteiger charge is -2.68. The van der Waals surface area contributed by atoms with E-state index >= 15 is 0 Å². The highest BCUT2D eigenvalue weighted by Crippen LogP contribution is 2.67. The number of rotatable bonds is 1. The maximum Gasteiger partial charge on any atom is 0.508 e. The van der Waals surface area contributed by atoms with E-state index in [-0.39, 0.29) is 30.8 Å². The van der Waals surface area contributed by atoms with Crippen molar-refractivity contribution >= 4 is 11.9 Å². The van der Waals surface area contributed by atoms with Crippen molar-refractivity contribution in [2.45, 2.75) is 84.7 Å². The minimum absolute atomic E-state index is 0.0408. The van der Waals surface area contributed by atoms with Gasteiger partial charge in [-0.3, -0.25) is 4.79 Å². The minimum atomic E-state index is -1.31. The topological polar surface area (TPSA) is 102 Å². The van der Waals surface area contributed by atoms with Crippen LogP contribution in [-0.2, 0) is 19.0 Å². The Kier molecular flexibility index (Phi) is 5.21. The molecule has 3 aliphatic carbocycles. The van der Waals surface area contributed by atoms with E-state index in [4.69, 9.17) is 14.2 Å². The van der Waals surface area contributed by atoms with Crippen molar-refractivity contribution < 1.29 is 34.0 Å². The molecule has 1 heterocycles. The van der Waals surface area contributed by atoms with Gasteiger partial charge >= 0.3 is 6.16 Å². The maximum atomic E-state index is 14.3. The fraction of sp³-hybridized carbons (Fsp3) is 0.840. The molecule has 180 valence electrons. The van der Waals surface area contributed by atoms with E-state index in [2.05, 4.69) is 6.92 Å². The summed E-state index contributed by atoms with van der Waals surface area (Å²) < 4.78 is 16.7. The van der Waals surface area contributed by atoms with Gasteiger partial charge in [-0.2, -0.15) is 0 Å². The molecule has 4 aliphatic rings. The van der Waals surface area contributed by atoms with Crippen LogP contribution < -0.4 is 0 Å². The summed E-state index contributed by atoms with van der Waals surface area (Å²) in [7, 11) is 1.26. The van der Waals surface area contributed by atoms with Gasteiger partial charge in [0.2, 0.25) is 0 Å². The zero-order valence-corrected chi connectivity index (χ0v) is 20.5. The highest BCUT2D eigenvalue weighted by atomic mass is 16.7. The molecule has 0 amide bonds. The minimum Gasteiger partial charge on any atom is -0.438 e. The van der Waals surface area contributed by atoms with Gasteiger partial charge in [-0.1, -0.05) is 41.5 Å². The van der Waals surface area contributed by atoms with Crippen LogP contribution in [0.25, 0.3) is 0 Å². The third kappa shape index (κ3) is 2.59. The normalized spacial score (nSPS) is 49.8. The molecule has 7 nitrogen and oxygen atoms in total. The third-order valence-corrected chi connectivity index (χ3v) is 10.1. The first-order chi connectivity index (χ1) is 14.7. The first kappa shape index (κ1) is 23.7. The number of methoxy groups -OCH3 is 1. The quantitative estimate of drug-likeness (QED) is 0.467. The number of Topliss-reactive ketones (excluding diaryl/α,β-unsaturated/α-hetero) is 1. The smallest absolute Gasteiger partial charge is 0.438 e. The first-order valence-electron chi connectivity index (χ1n) is 11.7. The molecule has 1 aliphatic heterocycles. The summed E-state index contributed by atoms with van der Waals surface area (Å²) >= 11 is 0. The summed E-state index contributed by atoms with van der Waals surface area (Å²) in [6, 6.07) is 0. The second-order valence-electron chi connectivity index (χ2n) is 11.4. The van der Waals surface area contributed by atoms with E-state index in [1.54, 1.807) is 0 Å².